The second-order valence-corrected chi connectivity index (χ2v) is 4.38. The number of oxazole rings is 1. The molecule has 0 saturated carbocycles. The molecule has 0 atom stereocenters. The fraction of sp³-hybridized carbons (Fsp3) is 0.143. The summed E-state index contributed by atoms with van der Waals surface area (Å²) in [4.78, 5) is 14.9. The van der Waals surface area contributed by atoms with Crippen molar-refractivity contribution in [2.24, 2.45) is 0 Å². The summed E-state index contributed by atoms with van der Waals surface area (Å²) in [7, 11) is 0. The van der Waals surface area contributed by atoms with Crippen LogP contribution in [0.5, 0.6) is 0 Å². The summed E-state index contributed by atoms with van der Waals surface area (Å²) in [5, 5.41) is 9.88. The lowest BCUT2D eigenvalue weighted by atomic mass is 10.2. The zero-order valence-corrected chi connectivity index (χ0v) is 10.4. The summed E-state index contributed by atoms with van der Waals surface area (Å²) in [5.74, 6) is -0.237. The molecule has 3 rings (SSSR count). The van der Waals surface area contributed by atoms with Gasteiger partial charge in [0.2, 0.25) is 0 Å². The molecule has 3 aromatic rings. The summed E-state index contributed by atoms with van der Waals surface area (Å²) in [5.41, 5.74) is 1.75. The van der Waals surface area contributed by atoms with E-state index < -0.39 is 5.97 Å². The lowest BCUT2D eigenvalue weighted by Gasteiger charge is -1.89. The van der Waals surface area contributed by atoms with Crippen molar-refractivity contribution in [3.05, 3.63) is 41.3 Å². The lowest BCUT2D eigenvalue weighted by molar-refractivity contribution is 0.0689. The molecule has 1 aromatic carbocycles. The van der Waals surface area contributed by atoms with E-state index in [-0.39, 0.29) is 17.3 Å². The van der Waals surface area contributed by atoms with Gasteiger partial charge in [0.05, 0.1) is 0 Å². The molecule has 0 aliphatic heterocycles. The number of aromatic carboxylic acids is 1. The van der Waals surface area contributed by atoms with Gasteiger partial charge in [0.25, 0.3) is 5.89 Å². The minimum Gasteiger partial charge on any atom is -0.476 e. The second-order valence-electron chi connectivity index (χ2n) is 4.38. The Labute approximate surface area is 108 Å². The fourth-order valence-corrected chi connectivity index (χ4v) is 1.97. The van der Waals surface area contributed by atoms with Crippen molar-refractivity contribution in [3.8, 4) is 11.7 Å². The molecule has 0 spiro atoms. The maximum atomic E-state index is 10.9. The molecule has 0 aliphatic rings. The number of aryl methyl sites for hydroxylation is 2. The SMILES string of the molecule is Cc1ccc2oc(-c3nc(C(=O)O)c(C)o3)cc2c1. The second kappa shape index (κ2) is 3.98. The third-order valence-corrected chi connectivity index (χ3v) is 2.88. The highest BCUT2D eigenvalue weighted by Crippen LogP contribution is 2.29. The van der Waals surface area contributed by atoms with E-state index in [0.29, 0.717) is 11.3 Å². The van der Waals surface area contributed by atoms with E-state index in [1.54, 1.807) is 13.0 Å². The van der Waals surface area contributed by atoms with E-state index in [1.807, 2.05) is 25.1 Å². The van der Waals surface area contributed by atoms with E-state index in [2.05, 4.69) is 4.98 Å². The van der Waals surface area contributed by atoms with Crippen molar-refractivity contribution < 1.29 is 18.7 Å². The van der Waals surface area contributed by atoms with E-state index in [0.717, 1.165) is 10.9 Å². The zero-order chi connectivity index (χ0) is 13.6. The van der Waals surface area contributed by atoms with Gasteiger partial charge in [0.1, 0.15) is 11.3 Å². The van der Waals surface area contributed by atoms with Crippen molar-refractivity contribution in [1.82, 2.24) is 4.98 Å². The van der Waals surface area contributed by atoms with Crippen LogP contribution in [0, 0.1) is 13.8 Å². The quantitative estimate of drug-likeness (QED) is 0.761. The molecular formula is C14H11NO4. The van der Waals surface area contributed by atoms with Gasteiger partial charge in [-0.25, -0.2) is 4.79 Å². The van der Waals surface area contributed by atoms with Crippen LogP contribution in [-0.4, -0.2) is 16.1 Å². The van der Waals surface area contributed by atoms with Crippen molar-refractivity contribution in [1.29, 1.82) is 0 Å². The highest BCUT2D eigenvalue weighted by atomic mass is 16.4. The van der Waals surface area contributed by atoms with E-state index in [4.69, 9.17) is 13.9 Å². The van der Waals surface area contributed by atoms with Gasteiger partial charge in [-0.3, -0.25) is 0 Å². The first-order valence-electron chi connectivity index (χ1n) is 5.76. The first-order valence-corrected chi connectivity index (χ1v) is 5.76. The Morgan fingerprint density at radius 1 is 1.21 bits per heavy atom. The molecular weight excluding hydrogens is 246 g/mol. The van der Waals surface area contributed by atoms with Crippen LogP contribution < -0.4 is 0 Å². The summed E-state index contributed by atoms with van der Waals surface area (Å²) in [6.07, 6.45) is 0. The Balaban J connectivity index is 2.13. The average Bonchev–Trinajstić information content (AvgIpc) is 2.91. The van der Waals surface area contributed by atoms with Gasteiger partial charge in [0.15, 0.2) is 11.5 Å². The van der Waals surface area contributed by atoms with Crippen LogP contribution in [-0.2, 0) is 0 Å². The molecule has 5 heteroatoms. The van der Waals surface area contributed by atoms with Gasteiger partial charge in [-0.1, -0.05) is 11.6 Å². The van der Waals surface area contributed by atoms with Crippen LogP contribution in [0.15, 0.2) is 33.1 Å². The third kappa shape index (κ3) is 1.89. The molecule has 0 fully saturated rings. The Bertz CT molecular complexity index is 782. The first kappa shape index (κ1) is 11.5. The maximum absolute atomic E-state index is 10.9. The van der Waals surface area contributed by atoms with Crippen LogP contribution >= 0.6 is 0 Å². The first-order chi connectivity index (χ1) is 9.04. The number of hydrogen-bond donors (Lipinski definition) is 1. The summed E-state index contributed by atoms with van der Waals surface area (Å²) < 4.78 is 10.9. The standard InChI is InChI=1S/C14H11NO4/c1-7-3-4-10-9(5-7)6-11(19-10)13-15-12(14(16)17)8(2)18-13/h3-6H,1-2H3,(H,16,17). The third-order valence-electron chi connectivity index (χ3n) is 2.88. The molecule has 0 saturated heterocycles. The number of fused-ring (bicyclic) bond motifs is 1. The van der Waals surface area contributed by atoms with Crippen LogP contribution in [0.2, 0.25) is 0 Å². The number of carbonyl (C=O) groups is 1. The molecule has 0 radical (unpaired) electrons. The Morgan fingerprint density at radius 3 is 2.68 bits per heavy atom. The van der Waals surface area contributed by atoms with Crippen LogP contribution in [0.25, 0.3) is 22.6 Å². The number of carboxylic acid groups (broad SMARTS) is 1. The number of hydrogen-bond acceptors (Lipinski definition) is 4. The van der Waals surface area contributed by atoms with Crippen LogP contribution in [0.1, 0.15) is 21.8 Å². The van der Waals surface area contributed by atoms with Gasteiger partial charge >= 0.3 is 5.97 Å². The number of carboxylic acids is 1. The summed E-state index contributed by atoms with van der Waals surface area (Å²) >= 11 is 0. The van der Waals surface area contributed by atoms with Crippen molar-refractivity contribution >= 4 is 16.9 Å². The smallest absolute Gasteiger partial charge is 0.358 e. The topological polar surface area (TPSA) is 76.5 Å². The number of aromatic nitrogens is 1. The largest absolute Gasteiger partial charge is 0.476 e. The van der Waals surface area contributed by atoms with Crippen LogP contribution in [0.3, 0.4) is 0 Å². The molecule has 2 aromatic heterocycles. The number of rotatable bonds is 2. The minimum atomic E-state index is -1.11. The minimum absolute atomic E-state index is 0.0911. The van der Waals surface area contributed by atoms with E-state index >= 15 is 0 Å². The molecule has 2 heterocycles. The van der Waals surface area contributed by atoms with Gasteiger partial charge in [-0.05, 0) is 32.0 Å². The monoisotopic (exact) mass is 257 g/mol. The Morgan fingerprint density at radius 2 is 2.00 bits per heavy atom. The average molecular weight is 257 g/mol. The number of benzene rings is 1. The molecule has 0 amide bonds. The fourth-order valence-electron chi connectivity index (χ4n) is 1.97. The molecule has 0 bridgehead atoms. The molecule has 0 unspecified atom stereocenters. The van der Waals surface area contributed by atoms with Gasteiger partial charge in [0, 0.05) is 5.39 Å². The molecule has 96 valence electrons. The molecule has 1 N–H and O–H groups in total. The van der Waals surface area contributed by atoms with Gasteiger partial charge < -0.3 is 13.9 Å². The molecule has 0 aliphatic carbocycles. The van der Waals surface area contributed by atoms with E-state index in [1.165, 1.54) is 0 Å². The summed E-state index contributed by atoms with van der Waals surface area (Å²) in [6, 6.07) is 7.58. The number of furan rings is 1. The van der Waals surface area contributed by atoms with Crippen LogP contribution in [0.4, 0.5) is 0 Å². The van der Waals surface area contributed by atoms with E-state index in [9.17, 15) is 4.79 Å². The zero-order valence-electron chi connectivity index (χ0n) is 10.4. The predicted molar refractivity (Wildman–Crippen MR) is 68.1 cm³/mol. The highest BCUT2D eigenvalue weighted by Gasteiger charge is 2.19. The predicted octanol–water partition coefficient (Wildman–Crippen LogP) is 3.40. The molecule has 5 nitrogen and oxygen atoms in total. The van der Waals surface area contributed by atoms with Gasteiger partial charge in [-0.2, -0.15) is 4.98 Å². The maximum Gasteiger partial charge on any atom is 0.358 e. The number of nitrogens with zero attached hydrogens (tertiary/aromatic N) is 1. The molecule has 19 heavy (non-hydrogen) atoms. The Kier molecular flexibility index (Phi) is 2.41. The van der Waals surface area contributed by atoms with Crippen molar-refractivity contribution in [2.75, 3.05) is 0 Å². The normalized spacial score (nSPS) is 11.1. The van der Waals surface area contributed by atoms with Crippen molar-refractivity contribution in [2.45, 2.75) is 13.8 Å². The highest BCUT2D eigenvalue weighted by molar-refractivity contribution is 5.87. The van der Waals surface area contributed by atoms with Gasteiger partial charge in [-0.15, -0.1) is 0 Å². The Hall–Kier alpha value is -2.56. The lowest BCUT2D eigenvalue weighted by Crippen LogP contribution is -1.98. The summed E-state index contributed by atoms with van der Waals surface area (Å²) in [6.45, 7) is 3.55. The van der Waals surface area contributed by atoms with Crippen molar-refractivity contribution in [3.63, 3.8) is 0 Å².